The van der Waals surface area contributed by atoms with E-state index in [1.165, 1.54) is 12.1 Å². The van der Waals surface area contributed by atoms with Crippen LogP contribution in [0.5, 0.6) is 0 Å². The molecule has 0 radical (unpaired) electrons. The Hall–Kier alpha value is -0.780. The molecule has 1 rings (SSSR count). The first kappa shape index (κ1) is 18.2. The van der Waals surface area contributed by atoms with Crippen molar-refractivity contribution in [2.45, 2.75) is 39.1 Å². The van der Waals surface area contributed by atoms with Crippen LogP contribution >= 0.6 is 12.4 Å². The molecule has 0 unspecified atom stereocenters. The van der Waals surface area contributed by atoms with Crippen LogP contribution in [0.2, 0.25) is 0 Å². The molecule has 0 aromatic heterocycles. The van der Waals surface area contributed by atoms with E-state index < -0.39 is 29.3 Å². The monoisotopic (exact) mass is 297 g/mol. The number of hydrogen-bond donors (Lipinski definition) is 2. The molecule has 1 aromatic rings. The molecular formula is C13H19ClF3NO. The van der Waals surface area contributed by atoms with Crippen molar-refractivity contribution in [3.8, 4) is 0 Å². The van der Waals surface area contributed by atoms with Gasteiger partial charge in [0, 0.05) is 0 Å². The molecule has 0 saturated heterocycles. The first-order valence-electron chi connectivity index (χ1n) is 5.64. The lowest BCUT2D eigenvalue weighted by atomic mass is 9.82. The van der Waals surface area contributed by atoms with Crippen LogP contribution in [-0.2, 0) is 6.18 Å². The summed E-state index contributed by atoms with van der Waals surface area (Å²) in [5, 5.41) is 10.00. The first-order valence-corrected chi connectivity index (χ1v) is 5.64. The average molecular weight is 298 g/mol. The fraction of sp³-hybridized carbons (Fsp3) is 0.538. The third-order valence-electron chi connectivity index (χ3n) is 2.83. The lowest BCUT2D eigenvalue weighted by Gasteiger charge is -2.31. The Morgan fingerprint density at radius 3 is 2.11 bits per heavy atom. The molecule has 0 bridgehead atoms. The van der Waals surface area contributed by atoms with E-state index in [1.807, 2.05) is 0 Å². The Morgan fingerprint density at radius 1 is 1.16 bits per heavy atom. The van der Waals surface area contributed by atoms with Crippen LogP contribution in [0.3, 0.4) is 0 Å². The quantitative estimate of drug-likeness (QED) is 0.877. The van der Waals surface area contributed by atoms with Gasteiger partial charge in [0.15, 0.2) is 0 Å². The van der Waals surface area contributed by atoms with Crippen molar-refractivity contribution in [3.05, 3.63) is 35.4 Å². The SMILES string of the molecule is CC(C)(C)[C@H](O)[C@H](N)c1cccc(C(F)(F)F)c1.Cl. The van der Waals surface area contributed by atoms with Gasteiger partial charge in [-0.05, 0) is 23.1 Å². The van der Waals surface area contributed by atoms with E-state index in [0.717, 1.165) is 12.1 Å². The third-order valence-corrected chi connectivity index (χ3v) is 2.83. The minimum absolute atomic E-state index is 0. The zero-order valence-corrected chi connectivity index (χ0v) is 11.8. The van der Waals surface area contributed by atoms with Gasteiger partial charge in [-0.25, -0.2) is 0 Å². The number of nitrogens with two attached hydrogens (primary N) is 1. The third kappa shape index (κ3) is 4.67. The molecule has 0 aliphatic rings. The van der Waals surface area contributed by atoms with Gasteiger partial charge in [-0.3, -0.25) is 0 Å². The van der Waals surface area contributed by atoms with E-state index in [0.29, 0.717) is 0 Å². The van der Waals surface area contributed by atoms with Gasteiger partial charge in [0.05, 0.1) is 17.7 Å². The second-order valence-corrected chi connectivity index (χ2v) is 5.46. The fourth-order valence-electron chi connectivity index (χ4n) is 1.64. The summed E-state index contributed by atoms with van der Waals surface area (Å²) in [5.74, 6) is 0. The van der Waals surface area contributed by atoms with Gasteiger partial charge in [-0.15, -0.1) is 12.4 Å². The molecule has 2 nitrogen and oxygen atoms in total. The van der Waals surface area contributed by atoms with Gasteiger partial charge in [-0.1, -0.05) is 32.9 Å². The van der Waals surface area contributed by atoms with Crippen molar-refractivity contribution >= 4 is 12.4 Å². The smallest absolute Gasteiger partial charge is 0.391 e. The number of aliphatic hydroxyl groups excluding tert-OH is 1. The number of halogens is 4. The topological polar surface area (TPSA) is 46.2 Å². The molecule has 3 N–H and O–H groups in total. The predicted molar refractivity (Wildman–Crippen MR) is 71.1 cm³/mol. The van der Waals surface area contributed by atoms with Crippen molar-refractivity contribution in [2.24, 2.45) is 11.1 Å². The fourth-order valence-corrected chi connectivity index (χ4v) is 1.64. The minimum atomic E-state index is -4.40. The molecule has 2 atom stereocenters. The van der Waals surface area contributed by atoms with Crippen molar-refractivity contribution in [1.29, 1.82) is 0 Å². The van der Waals surface area contributed by atoms with Gasteiger partial charge in [0.25, 0.3) is 0 Å². The molecule has 0 aliphatic carbocycles. The molecule has 0 amide bonds. The summed E-state index contributed by atoms with van der Waals surface area (Å²) in [7, 11) is 0. The lowest BCUT2D eigenvalue weighted by molar-refractivity contribution is -0.137. The van der Waals surface area contributed by atoms with Crippen molar-refractivity contribution in [3.63, 3.8) is 0 Å². The summed E-state index contributed by atoms with van der Waals surface area (Å²) in [6, 6.07) is 3.92. The number of hydrogen-bond acceptors (Lipinski definition) is 2. The van der Waals surface area contributed by atoms with Crippen LogP contribution in [0.4, 0.5) is 13.2 Å². The van der Waals surface area contributed by atoms with Crippen LogP contribution in [0.25, 0.3) is 0 Å². The molecular weight excluding hydrogens is 279 g/mol. The maximum absolute atomic E-state index is 12.6. The molecule has 1 aromatic carbocycles. The van der Waals surface area contributed by atoms with Gasteiger partial charge in [-0.2, -0.15) is 13.2 Å². The van der Waals surface area contributed by atoms with Gasteiger partial charge < -0.3 is 10.8 Å². The molecule has 0 aliphatic heterocycles. The summed E-state index contributed by atoms with van der Waals surface area (Å²) < 4.78 is 37.7. The normalized spacial score (nSPS) is 15.6. The highest BCUT2D eigenvalue weighted by molar-refractivity contribution is 5.85. The van der Waals surface area contributed by atoms with E-state index in [-0.39, 0.29) is 18.0 Å². The Morgan fingerprint density at radius 2 is 1.68 bits per heavy atom. The van der Waals surface area contributed by atoms with Crippen LogP contribution in [-0.4, -0.2) is 11.2 Å². The van der Waals surface area contributed by atoms with E-state index in [2.05, 4.69) is 0 Å². The van der Waals surface area contributed by atoms with Crippen molar-refractivity contribution < 1.29 is 18.3 Å². The summed E-state index contributed by atoms with van der Waals surface area (Å²) in [6.07, 6.45) is -5.32. The largest absolute Gasteiger partial charge is 0.416 e. The molecule has 0 fully saturated rings. The average Bonchev–Trinajstić information content (AvgIpc) is 2.25. The number of rotatable bonds is 2. The second-order valence-electron chi connectivity index (χ2n) is 5.46. The highest BCUT2D eigenvalue weighted by Crippen LogP contribution is 2.33. The maximum atomic E-state index is 12.6. The van der Waals surface area contributed by atoms with Crippen LogP contribution < -0.4 is 5.73 Å². The van der Waals surface area contributed by atoms with Crippen molar-refractivity contribution in [1.82, 2.24) is 0 Å². The summed E-state index contributed by atoms with van der Waals surface area (Å²) in [5.41, 5.74) is 4.86. The van der Waals surface area contributed by atoms with Crippen LogP contribution in [0.15, 0.2) is 24.3 Å². The molecule has 6 heteroatoms. The Kier molecular flexibility index (Phi) is 5.86. The molecule has 0 saturated carbocycles. The summed E-state index contributed by atoms with van der Waals surface area (Å²) in [4.78, 5) is 0. The Labute approximate surface area is 117 Å². The summed E-state index contributed by atoms with van der Waals surface area (Å²) in [6.45, 7) is 5.35. The Balaban J connectivity index is 0.00000324. The summed E-state index contributed by atoms with van der Waals surface area (Å²) >= 11 is 0. The first-order chi connectivity index (χ1) is 8.03. The Bertz CT molecular complexity index is 415. The van der Waals surface area contributed by atoms with Gasteiger partial charge in [0.1, 0.15) is 0 Å². The molecule has 110 valence electrons. The van der Waals surface area contributed by atoms with Gasteiger partial charge in [0.2, 0.25) is 0 Å². The molecule has 19 heavy (non-hydrogen) atoms. The second kappa shape index (κ2) is 6.11. The van der Waals surface area contributed by atoms with E-state index in [1.54, 1.807) is 20.8 Å². The van der Waals surface area contributed by atoms with Gasteiger partial charge >= 0.3 is 6.18 Å². The van der Waals surface area contributed by atoms with E-state index >= 15 is 0 Å². The number of benzene rings is 1. The number of alkyl halides is 3. The van der Waals surface area contributed by atoms with Crippen LogP contribution in [0.1, 0.15) is 37.9 Å². The zero-order valence-electron chi connectivity index (χ0n) is 11.0. The van der Waals surface area contributed by atoms with Crippen LogP contribution in [0, 0.1) is 5.41 Å². The minimum Gasteiger partial charge on any atom is -0.391 e. The van der Waals surface area contributed by atoms with E-state index in [9.17, 15) is 18.3 Å². The maximum Gasteiger partial charge on any atom is 0.416 e. The predicted octanol–water partition coefficient (Wildman–Crippen LogP) is 3.53. The highest BCUT2D eigenvalue weighted by Gasteiger charge is 2.33. The highest BCUT2D eigenvalue weighted by atomic mass is 35.5. The zero-order chi connectivity index (χ0) is 14.1. The molecule has 0 heterocycles. The van der Waals surface area contributed by atoms with E-state index in [4.69, 9.17) is 5.73 Å². The standard InChI is InChI=1S/C13H18F3NO.ClH/c1-12(2,3)11(18)10(17)8-5-4-6-9(7-8)13(14,15)16;/h4-7,10-11,18H,17H2,1-3H3;1H/t10-,11-;/m1./s1. The lowest BCUT2D eigenvalue weighted by Crippen LogP contribution is -2.37. The van der Waals surface area contributed by atoms with Crippen molar-refractivity contribution in [2.75, 3.05) is 0 Å². The number of aliphatic hydroxyl groups is 1. The molecule has 0 spiro atoms.